The van der Waals surface area contributed by atoms with Crippen molar-refractivity contribution in [1.82, 2.24) is 0 Å². The molecular formula is C42H63O16+. The molecule has 2 aliphatic heterocycles. The maximum absolute atomic E-state index is 14.8. The normalized spacial score (nSPS) is 52.6. The number of aliphatic hydroxyl groups excluding tert-OH is 5. The van der Waals surface area contributed by atoms with Gasteiger partial charge in [-0.3, -0.25) is 14.3 Å². The van der Waals surface area contributed by atoms with Crippen molar-refractivity contribution < 1.29 is 79.0 Å². The van der Waals surface area contributed by atoms with E-state index in [1.807, 2.05) is 13.0 Å². The maximum atomic E-state index is 14.8. The summed E-state index contributed by atoms with van der Waals surface area (Å²) in [5, 5.41) is 83.2. The molecule has 16 heteroatoms. The van der Waals surface area contributed by atoms with Gasteiger partial charge in [0.1, 0.15) is 30.5 Å². The summed E-state index contributed by atoms with van der Waals surface area (Å²) in [7, 11) is 0. The van der Waals surface area contributed by atoms with Crippen molar-refractivity contribution in [2.24, 2.45) is 50.2 Å². The quantitative estimate of drug-likeness (QED) is 0.134. The van der Waals surface area contributed by atoms with E-state index in [9.17, 15) is 60.0 Å². The predicted octanol–water partition coefficient (Wildman–Crippen LogP) is 1.76. The Morgan fingerprint density at radius 2 is 1.38 bits per heavy atom. The molecule has 2 heterocycles. The van der Waals surface area contributed by atoms with Gasteiger partial charge in [0, 0.05) is 17.8 Å². The van der Waals surface area contributed by atoms with E-state index in [0.29, 0.717) is 25.7 Å². The monoisotopic (exact) mass is 823 g/mol. The van der Waals surface area contributed by atoms with Crippen molar-refractivity contribution in [3.05, 3.63) is 11.6 Å². The fourth-order valence-electron chi connectivity index (χ4n) is 13.5. The highest BCUT2D eigenvalue weighted by Gasteiger charge is 2.71. The van der Waals surface area contributed by atoms with Crippen LogP contribution < -0.4 is 0 Å². The summed E-state index contributed by atoms with van der Waals surface area (Å²) in [5.74, 6) is -4.33. The lowest BCUT2D eigenvalue weighted by atomic mass is 9.33. The molecule has 9 N–H and O–H groups in total. The lowest BCUT2D eigenvalue weighted by Crippen LogP contribution is -2.68. The van der Waals surface area contributed by atoms with Gasteiger partial charge in [-0.1, -0.05) is 47.1 Å². The Labute approximate surface area is 337 Å². The fraction of sp³-hybridized carbons (Fsp3) is 0.857. The number of ketones is 1. The van der Waals surface area contributed by atoms with Gasteiger partial charge in [0.05, 0.1) is 5.41 Å². The maximum Gasteiger partial charge on any atom is 0.336 e. The van der Waals surface area contributed by atoms with Crippen LogP contribution in [0.4, 0.5) is 0 Å². The van der Waals surface area contributed by atoms with E-state index >= 15 is 0 Å². The van der Waals surface area contributed by atoms with Crippen LogP contribution in [0.25, 0.3) is 0 Å². The largest absolute Gasteiger partial charge is 0.481 e. The molecule has 0 spiro atoms. The molecule has 326 valence electrons. The molecule has 0 bridgehead atoms. The molecule has 6 fully saturated rings. The Morgan fingerprint density at radius 3 is 2.00 bits per heavy atom. The van der Waals surface area contributed by atoms with E-state index in [0.717, 1.165) is 37.7 Å². The highest BCUT2D eigenvalue weighted by Crippen LogP contribution is 2.75. The number of carboxylic acids is 3. The zero-order valence-electron chi connectivity index (χ0n) is 34.4. The van der Waals surface area contributed by atoms with Crippen LogP contribution in [0.3, 0.4) is 0 Å². The molecule has 0 amide bonds. The third-order valence-corrected chi connectivity index (χ3v) is 17.3. The Bertz CT molecular complexity index is 1730. The van der Waals surface area contributed by atoms with E-state index in [-0.39, 0.29) is 39.8 Å². The van der Waals surface area contributed by atoms with Gasteiger partial charge in [-0.05, 0) is 97.9 Å². The van der Waals surface area contributed by atoms with Gasteiger partial charge in [0.25, 0.3) is 6.29 Å². The molecule has 19 atom stereocenters. The number of ether oxygens (including phenoxy) is 4. The Morgan fingerprint density at radius 1 is 0.741 bits per heavy atom. The Hall–Kier alpha value is -2.54. The number of carboxylic acid groups (broad SMARTS) is 3. The number of hydrogen-bond donors (Lipinski definition) is 8. The SMILES string of the molecule is CC1(C(=O)O)CCC2(C)CCC3(C)C(=CC(=O)C4C5(C)CCC([OH+]C6OC(C(=O)O)C(OC7OC(C(=O)O)C(O)C(O)C7O)C(O)C6O)C(C)(C)C5CCC43C)C2C1. The first-order valence-electron chi connectivity index (χ1n) is 20.8. The van der Waals surface area contributed by atoms with E-state index in [1.54, 1.807) is 0 Å². The van der Waals surface area contributed by atoms with Crippen LogP contribution in [0.1, 0.15) is 106 Å². The van der Waals surface area contributed by atoms with Gasteiger partial charge >= 0.3 is 17.9 Å². The summed E-state index contributed by atoms with van der Waals surface area (Å²) in [6.07, 6.45) is -11.6. The summed E-state index contributed by atoms with van der Waals surface area (Å²) in [6, 6.07) is 0. The van der Waals surface area contributed by atoms with Crippen molar-refractivity contribution in [2.45, 2.75) is 174 Å². The molecule has 19 unspecified atom stereocenters. The minimum absolute atomic E-state index is 0.00219. The number of carbonyl (C=O) groups excluding carboxylic acids is 1. The van der Waals surface area contributed by atoms with Gasteiger partial charge in [0.2, 0.25) is 0 Å². The van der Waals surface area contributed by atoms with Gasteiger partial charge in [-0.2, -0.15) is 0 Å². The number of allylic oxidation sites excluding steroid dienone is 2. The second-order valence-corrected chi connectivity index (χ2v) is 20.7. The smallest absolute Gasteiger partial charge is 0.336 e. The average Bonchev–Trinajstić information content (AvgIpc) is 3.13. The highest BCUT2D eigenvalue weighted by atomic mass is 16.7. The summed E-state index contributed by atoms with van der Waals surface area (Å²) in [5.41, 5.74) is -1.53. The molecule has 58 heavy (non-hydrogen) atoms. The van der Waals surface area contributed by atoms with Crippen LogP contribution in [0.2, 0.25) is 0 Å². The molecule has 0 aromatic carbocycles. The van der Waals surface area contributed by atoms with E-state index in [1.165, 1.54) is 0 Å². The molecule has 0 radical (unpaired) electrons. The zero-order valence-corrected chi connectivity index (χ0v) is 34.4. The number of rotatable bonds is 7. The minimum Gasteiger partial charge on any atom is -0.481 e. The van der Waals surface area contributed by atoms with Crippen LogP contribution in [-0.2, 0) is 33.4 Å². The molecule has 16 nitrogen and oxygen atoms in total. The summed E-state index contributed by atoms with van der Waals surface area (Å²) in [6.45, 7) is 15.0. The molecule has 2 saturated heterocycles. The lowest BCUT2D eigenvalue weighted by molar-refractivity contribution is -0.397. The first kappa shape index (κ1) is 43.5. The van der Waals surface area contributed by atoms with Crippen LogP contribution in [0, 0.1) is 50.2 Å². The van der Waals surface area contributed by atoms with Gasteiger partial charge in [-0.25, -0.2) is 9.59 Å². The molecule has 0 aromatic heterocycles. The first-order valence-corrected chi connectivity index (χ1v) is 20.8. The second-order valence-electron chi connectivity index (χ2n) is 20.7. The molecule has 4 saturated carbocycles. The van der Waals surface area contributed by atoms with Crippen LogP contribution in [-0.4, -0.2) is 137 Å². The van der Waals surface area contributed by atoms with Gasteiger partial charge in [0.15, 0.2) is 36.5 Å². The number of carbonyl (C=O) groups is 4. The Balaban J connectivity index is 1.11. The van der Waals surface area contributed by atoms with Crippen LogP contribution in [0.5, 0.6) is 0 Å². The van der Waals surface area contributed by atoms with E-state index in [2.05, 4.69) is 41.5 Å². The van der Waals surface area contributed by atoms with Gasteiger partial charge < -0.3 is 55.1 Å². The second kappa shape index (κ2) is 14.3. The standard InChI is InChI=1S/C42H62O16/c1-37(2)21-8-11-42(7)31(20(43)16-18-19-17-39(4,36(53)54)13-12-38(19,3)14-15-41(18,42)6)40(21,5)10-9-22(37)55-34-27(48)25(46)28(30(58-34)33(51)52)56-35-26(47)23(44)24(45)29(57-35)32(49)50/h16,19,21-31,34-35,44-48H,8-15,17H2,1-7H3,(H,49,50)(H,51,52)(H,53,54)/p+1. The summed E-state index contributed by atoms with van der Waals surface area (Å²) < 4.78 is 21.3. The minimum atomic E-state index is -2.05. The first-order chi connectivity index (χ1) is 26.8. The molecular weight excluding hydrogens is 760 g/mol. The topological polar surface area (TPSA) is 271 Å². The predicted molar refractivity (Wildman–Crippen MR) is 201 cm³/mol. The van der Waals surface area contributed by atoms with Crippen molar-refractivity contribution in [1.29, 1.82) is 0 Å². The summed E-state index contributed by atoms with van der Waals surface area (Å²) >= 11 is 0. The average molecular weight is 824 g/mol. The highest BCUT2D eigenvalue weighted by molar-refractivity contribution is 5.95. The van der Waals surface area contributed by atoms with Crippen LogP contribution in [0.15, 0.2) is 11.6 Å². The molecule has 7 rings (SSSR count). The molecule has 0 aromatic rings. The molecule has 7 aliphatic rings. The van der Waals surface area contributed by atoms with Crippen LogP contribution >= 0.6 is 0 Å². The van der Waals surface area contributed by atoms with Crippen molar-refractivity contribution in [2.75, 3.05) is 0 Å². The third kappa shape index (κ3) is 6.25. The lowest BCUT2D eigenvalue weighted by Gasteiger charge is -2.70. The molecule has 5 aliphatic carbocycles. The Kier molecular flexibility index (Phi) is 10.7. The zero-order chi connectivity index (χ0) is 42.9. The van der Waals surface area contributed by atoms with Gasteiger partial charge in [-0.15, -0.1) is 0 Å². The number of hydrogen-bond acceptors (Lipinski definition) is 12. The van der Waals surface area contributed by atoms with Crippen molar-refractivity contribution in [3.8, 4) is 0 Å². The van der Waals surface area contributed by atoms with E-state index in [4.69, 9.17) is 18.9 Å². The third-order valence-electron chi connectivity index (χ3n) is 17.3. The van der Waals surface area contributed by atoms with Crippen molar-refractivity contribution in [3.63, 3.8) is 0 Å². The fourth-order valence-corrected chi connectivity index (χ4v) is 13.5. The van der Waals surface area contributed by atoms with Crippen molar-refractivity contribution >= 4 is 23.7 Å². The number of aliphatic carboxylic acids is 3. The summed E-state index contributed by atoms with van der Waals surface area (Å²) in [4.78, 5) is 51.4. The number of fused-ring (bicyclic) bond motifs is 7. The number of aliphatic hydroxyl groups is 7. The van der Waals surface area contributed by atoms with E-state index < -0.39 is 102 Å².